The number of ether oxygens (including phenoxy) is 3. The topological polar surface area (TPSA) is 74.0 Å². The summed E-state index contributed by atoms with van der Waals surface area (Å²) in [5.74, 6) is 0.768. The summed E-state index contributed by atoms with van der Waals surface area (Å²) in [7, 11) is 1.62. The summed E-state index contributed by atoms with van der Waals surface area (Å²) in [6.45, 7) is 6.91. The second-order valence-corrected chi connectivity index (χ2v) is 6.61. The summed E-state index contributed by atoms with van der Waals surface area (Å²) in [5, 5.41) is 0. The van der Waals surface area contributed by atoms with E-state index in [0.717, 1.165) is 11.3 Å². The summed E-state index contributed by atoms with van der Waals surface area (Å²) < 4.78 is 16.2. The Morgan fingerprint density at radius 3 is 2.57 bits per heavy atom. The molecule has 1 aliphatic rings. The minimum absolute atomic E-state index is 0.257. The number of carbonyl (C=O) groups excluding carboxylic acids is 1. The molecule has 1 fully saturated rings. The van der Waals surface area contributed by atoms with E-state index in [0.29, 0.717) is 19.8 Å². The Balaban J connectivity index is 2.14. The van der Waals surface area contributed by atoms with Crippen molar-refractivity contribution in [3.63, 3.8) is 0 Å². The van der Waals surface area contributed by atoms with Crippen molar-refractivity contribution in [2.24, 2.45) is 5.73 Å². The molecule has 1 aromatic rings. The van der Waals surface area contributed by atoms with E-state index in [9.17, 15) is 4.79 Å². The van der Waals surface area contributed by atoms with Crippen LogP contribution in [-0.2, 0) is 9.47 Å². The van der Waals surface area contributed by atoms with Crippen LogP contribution in [-0.4, -0.2) is 49.5 Å². The van der Waals surface area contributed by atoms with Gasteiger partial charge in [-0.05, 0) is 38.5 Å². The average Bonchev–Trinajstić information content (AvgIpc) is 2.52. The van der Waals surface area contributed by atoms with E-state index in [1.54, 1.807) is 12.0 Å². The van der Waals surface area contributed by atoms with E-state index < -0.39 is 5.60 Å². The smallest absolute Gasteiger partial charge is 0.410 e. The Morgan fingerprint density at radius 2 is 2.00 bits per heavy atom. The van der Waals surface area contributed by atoms with Crippen LogP contribution in [0.1, 0.15) is 32.4 Å². The highest BCUT2D eigenvalue weighted by Crippen LogP contribution is 2.25. The lowest BCUT2D eigenvalue weighted by Gasteiger charge is -2.39. The van der Waals surface area contributed by atoms with Gasteiger partial charge >= 0.3 is 6.09 Å². The normalized spacial score (nSPS) is 20.0. The lowest BCUT2D eigenvalue weighted by atomic mass is 9.98. The average molecular weight is 322 g/mol. The van der Waals surface area contributed by atoms with Crippen molar-refractivity contribution in [2.75, 3.05) is 26.9 Å². The molecule has 2 N–H and O–H groups in total. The SMILES string of the molecule is COc1ccc(C(N)C2COCCN2C(=O)OC(C)(C)C)cc1. The Labute approximate surface area is 137 Å². The van der Waals surface area contributed by atoms with Crippen LogP contribution < -0.4 is 10.5 Å². The maximum absolute atomic E-state index is 12.4. The van der Waals surface area contributed by atoms with Gasteiger partial charge in [-0.2, -0.15) is 0 Å². The molecule has 1 saturated heterocycles. The van der Waals surface area contributed by atoms with Crippen molar-refractivity contribution in [3.8, 4) is 5.75 Å². The highest BCUT2D eigenvalue weighted by atomic mass is 16.6. The highest BCUT2D eigenvalue weighted by Gasteiger charge is 2.35. The van der Waals surface area contributed by atoms with E-state index in [-0.39, 0.29) is 18.2 Å². The molecular weight excluding hydrogens is 296 g/mol. The maximum Gasteiger partial charge on any atom is 0.410 e. The number of hydrogen-bond acceptors (Lipinski definition) is 5. The monoisotopic (exact) mass is 322 g/mol. The van der Waals surface area contributed by atoms with Crippen LogP contribution in [0.25, 0.3) is 0 Å². The fraction of sp³-hybridized carbons (Fsp3) is 0.588. The number of benzene rings is 1. The first-order valence-electron chi connectivity index (χ1n) is 7.79. The second kappa shape index (κ2) is 7.19. The van der Waals surface area contributed by atoms with Crippen molar-refractivity contribution in [3.05, 3.63) is 29.8 Å². The molecule has 2 rings (SSSR count). The molecular formula is C17H26N2O4. The van der Waals surface area contributed by atoms with Gasteiger partial charge < -0.3 is 19.9 Å². The molecule has 1 aliphatic heterocycles. The lowest BCUT2D eigenvalue weighted by Crippen LogP contribution is -2.54. The summed E-state index contributed by atoms with van der Waals surface area (Å²) in [6.07, 6.45) is -0.352. The molecule has 1 aromatic carbocycles. The zero-order valence-corrected chi connectivity index (χ0v) is 14.2. The minimum Gasteiger partial charge on any atom is -0.497 e. The fourth-order valence-electron chi connectivity index (χ4n) is 2.52. The number of rotatable bonds is 3. The predicted molar refractivity (Wildman–Crippen MR) is 87.5 cm³/mol. The van der Waals surface area contributed by atoms with E-state index in [1.165, 1.54) is 0 Å². The molecule has 0 bridgehead atoms. The van der Waals surface area contributed by atoms with Gasteiger partial charge in [-0.1, -0.05) is 12.1 Å². The molecule has 0 radical (unpaired) electrons. The third-order valence-corrected chi connectivity index (χ3v) is 3.71. The van der Waals surface area contributed by atoms with E-state index >= 15 is 0 Å². The van der Waals surface area contributed by atoms with Crippen LogP contribution in [0.5, 0.6) is 5.75 Å². The Bertz CT molecular complexity index is 524. The highest BCUT2D eigenvalue weighted by molar-refractivity contribution is 5.69. The fourth-order valence-corrected chi connectivity index (χ4v) is 2.52. The third-order valence-electron chi connectivity index (χ3n) is 3.71. The van der Waals surface area contributed by atoms with Crippen molar-refractivity contribution in [1.82, 2.24) is 4.90 Å². The van der Waals surface area contributed by atoms with Crippen molar-refractivity contribution >= 4 is 6.09 Å². The van der Waals surface area contributed by atoms with Gasteiger partial charge in [0.2, 0.25) is 0 Å². The summed E-state index contributed by atoms with van der Waals surface area (Å²) in [5.41, 5.74) is 6.77. The van der Waals surface area contributed by atoms with Crippen molar-refractivity contribution in [2.45, 2.75) is 38.5 Å². The number of morpholine rings is 1. The van der Waals surface area contributed by atoms with E-state index in [2.05, 4.69) is 0 Å². The Hall–Kier alpha value is -1.79. The molecule has 23 heavy (non-hydrogen) atoms. The molecule has 6 heteroatoms. The number of methoxy groups -OCH3 is 1. The number of carbonyl (C=O) groups is 1. The van der Waals surface area contributed by atoms with Crippen LogP contribution in [0, 0.1) is 0 Å². The zero-order valence-electron chi connectivity index (χ0n) is 14.2. The quantitative estimate of drug-likeness (QED) is 0.924. The maximum atomic E-state index is 12.4. The van der Waals surface area contributed by atoms with Gasteiger partial charge in [0.05, 0.1) is 32.4 Å². The van der Waals surface area contributed by atoms with Crippen molar-refractivity contribution < 1.29 is 19.0 Å². The first-order chi connectivity index (χ1) is 10.8. The standard InChI is InChI=1S/C17H26N2O4/c1-17(2,3)23-16(20)19-9-10-22-11-14(19)15(18)12-5-7-13(21-4)8-6-12/h5-8,14-15H,9-11,18H2,1-4H3. The number of amides is 1. The second-order valence-electron chi connectivity index (χ2n) is 6.61. The van der Waals surface area contributed by atoms with Crippen molar-refractivity contribution in [1.29, 1.82) is 0 Å². The Morgan fingerprint density at radius 1 is 1.35 bits per heavy atom. The van der Waals surface area contributed by atoms with Gasteiger partial charge in [-0.15, -0.1) is 0 Å². The first kappa shape index (κ1) is 17.6. The van der Waals surface area contributed by atoms with Gasteiger partial charge in [0.1, 0.15) is 11.4 Å². The molecule has 6 nitrogen and oxygen atoms in total. The van der Waals surface area contributed by atoms with Gasteiger partial charge in [0, 0.05) is 6.54 Å². The third kappa shape index (κ3) is 4.59. The van der Waals surface area contributed by atoms with Crippen LogP contribution in [0.2, 0.25) is 0 Å². The zero-order chi connectivity index (χ0) is 17.0. The molecule has 0 saturated carbocycles. The largest absolute Gasteiger partial charge is 0.497 e. The van der Waals surface area contributed by atoms with Gasteiger partial charge in [0.25, 0.3) is 0 Å². The number of hydrogen-bond donors (Lipinski definition) is 1. The minimum atomic E-state index is -0.538. The lowest BCUT2D eigenvalue weighted by molar-refractivity contribution is -0.0382. The predicted octanol–water partition coefficient (Wildman–Crippen LogP) is 2.33. The van der Waals surface area contributed by atoms with E-state index in [4.69, 9.17) is 19.9 Å². The molecule has 0 spiro atoms. The molecule has 1 heterocycles. The summed E-state index contributed by atoms with van der Waals surface area (Å²) >= 11 is 0. The van der Waals surface area contributed by atoms with Gasteiger partial charge in [-0.25, -0.2) is 4.79 Å². The molecule has 1 amide bonds. The molecule has 2 atom stereocenters. The van der Waals surface area contributed by atoms with Crippen LogP contribution in [0.3, 0.4) is 0 Å². The molecule has 0 aromatic heterocycles. The summed E-state index contributed by atoms with van der Waals surface area (Å²) in [6, 6.07) is 6.92. The van der Waals surface area contributed by atoms with Crippen LogP contribution in [0.4, 0.5) is 4.79 Å². The molecule has 0 aliphatic carbocycles. The number of nitrogens with two attached hydrogens (primary N) is 1. The summed E-state index contributed by atoms with van der Waals surface area (Å²) in [4.78, 5) is 14.1. The van der Waals surface area contributed by atoms with Crippen LogP contribution >= 0.6 is 0 Å². The van der Waals surface area contributed by atoms with Crippen LogP contribution in [0.15, 0.2) is 24.3 Å². The molecule has 128 valence electrons. The number of nitrogens with zero attached hydrogens (tertiary/aromatic N) is 1. The first-order valence-corrected chi connectivity index (χ1v) is 7.79. The molecule has 2 unspecified atom stereocenters. The Kier molecular flexibility index (Phi) is 5.49. The van der Waals surface area contributed by atoms with E-state index in [1.807, 2.05) is 45.0 Å². The van der Waals surface area contributed by atoms with Gasteiger partial charge in [0.15, 0.2) is 0 Å². The van der Waals surface area contributed by atoms with Gasteiger partial charge in [-0.3, -0.25) is 4.90 Å².